The number of rotatable bonds is 2. The number of hydrogen-bond acceptors (Lipinski definition) is 4. The van der Waals surface area contributed by atoms with Gasteiger partial charge in [-0.1, -0.05) is 0 Å². The van der Waals surface area contributed by atoms with Crippen molar-refractivity contribution in [3.8, 4) is 5.75 Å². The van der Waals surface area contributed by atoms with Gasteiger partial charge in [-0.05, 0) is 31.4 Å². The first-order chi connectivity index (χ1) is 8.20. The molecule has 1 saturated heterocycles. The van der Waals surface area contributed by atoms with Crippen LogP contribution >= 0.6 is 0 Å². The highest BCUT2D eigenvalue weighted by atomic mass is 16.3. The van der Waals surface area contributed by atoms with Crippen molar-refractivity contribution in [1.82, 2.24) is 9.88 Å². The molecule has 92 valence electrons. The monoisotopic (exact) mass is 235 g/mol. The molecule has 0 bridgehead atoms. The largest absolute Gasteiger partial charge is 0.506 e. The van der Waals surface area contributed by atoms with Crippen molar-refractivity contribution in [2.45, 2.75) is 12.8 Å². The van der Waals surface area contributed by atoms with E-state index < -0.39 is 0 Å². The van der Waals surface area contributed by atoms with Crippen molar-refractivity contribution < 1.29 is 9.90 Å². The van der Waals surface area contributed by atoms with Crippen LogP contribution in [-0.2, 0) is 0 Å². The van der Waals surface area contributed by atoms with Crippen molar-refractivity contribution >= 4 is 5.91 Å². The Morgan fingerprint density at radius 3 is 2.76 bits per heavy atom. The number of piperidine rings is 1. The van der Waals surface area contributed by atoms with Gasteiger partial charge in [0.15, 0.2) is 0 Å². The maximum absolute atomic E-state index is 12.1. The van der Waals surface area contributed by atoms with Crippen molar-refractivity contribution in [3.05, 3.63) is 24.0 Å². The van der Waals surface area contributed by atoms with Gasteiger partial charge >= 0.3 is 0 Å². The van der Waals surface area contributed by atoms with Crippen molar-refractivity contribution in [2.24, 2.45) is 11.7 Å². The van der Waals surface area contributed by atoms with Crippen molar-refractivity contribution in [2.75, 3.05) is 19.6 Å². The van der Waals surface area contributed by atoms with E-state index in [1.54, 1.807) is 4.90 Å². The smallest absolute Gasteiger partial charge is 0.255 e. The highest BCUT2D eigenvalue weighted by molar-refractivity contribution is 5.94. The maximum atomic E-state index is 12.1. The fraction of sp³-hybridized carbons (Fsp3) is 0.500. The van der Waals surface area contributed by atoms with Crippen LogP contribution in [0.5, 0.6) is 5.75 Å². The van der Waals surface area contributed by atoms with Gasteiger partial charge in [0.1, 0.15) is 5.75 Å². The molecule has 0 aliphatic carbocycles. The summed E-state index contributed by atoms with van der Waals surface area (Å²) in [4.78, 5) is 17.7. The van der Waals surface area contributed by atoms with Crippen LogP contribution < -0.4 is 5.73 Å². The van der Waals surface area contributed by atoms with Gasteiger partial charge in [-0.15, -0.1) is 0 Å². The first kappa shape index (κ1) is 11.9. The molecule has 1 amide bonds. The van der Waals surface area contributed by atoms with Gasteiger partial charge in [-0.2, -0.15) is 0 Å². The number of carbonyl (C=O) groups excluding carboxylic acids is 1. The lowest BCUT2D eigenvalue weighted by Crippen LogP contribution is -2.40. The van der Waals surface area contributed by atoms with Crippen LogP contribution in [0.25, 0.3) is 0 Å². The quantitative estimate of drug-likeness (QED) is 0.786. The van der Waals surface area contributed by atoms with E-state index >= 15 is 0 Å². The Morgan fingerprint density at radius 1 is 1.47 bits per heavy atom. The van der Waals surface area contributed by atoms with Gasteiger partial charge in [0.05, 0.1) is 11.8 Å². The zero-order valence-electron chi connectivity index (χ0n) is 9.67. The maximum Gasteiger partial charge on any atom is 0.255 e. The molecule has 0 unspecified atom stereocenters. The molecule has 1 aromatic heterocycles. The lowest BCUT2D eigenvalue weighted by molar-refractivity contribution is 0.0692. The second-order valence-electron chi connectivity index (χ2n) is 4.40. The number of hydrogen-bond donors (Lipinski definition) is 2. The lowest BCUT2D eigenvalue weighted by Gasteiger charge is -2.31. The molecule has 17 heavy (non-hydrogen) atoms. The SMILES string of the molecule is NCC1CCN(C(=O)c2cncc(O)c2)CC1. The molecule has 1 aliphatic rings. The minimum Gasteiger partial charge on any atom is -0.506 e. The summed E-state index contributed by atoms with van der Waals surface area (Å²) in [5.41, 5.74) is 6.05. The average Bonchev–Trinajstić information content (AvgIpc) is 2.38. The third kappa shape index (κ3) is 2.74. The highest BCUT2D eigenvalue weighted by Crippen LogP contribution is 2.18. The summed E-state index contributed by atoms with van der Waals surface area (Å²) in [6, 6.07) is 1.45. The summed E-state index contributed by atoms with van der Waals surface area (Å²) in [7, 11) is 0. The van der Waals surface area contributed by atoms with Gasteiger partial charge in [-0.3, -0.25) is 9.78 Å². The second kappa shape index (κ2) is 5.14. The van der Waals surface area contributed by atoms with Gasteiger partial charge in [0.2, 0.25) is 0 Å². The molecule has 5 heteroatoms. The van der Waals surface area contributed by atoms with Crippen LogP contribution in [0.2, 0.25) is 0 Å². The summed E-state index contributed by atoms with van der Waals surface area (Å²) in [5.74, 6) is 0.484. The summed E-state index contributed by atoms with van der Waals surface area (Å²) in [6.07, 6.45) is 4.71. The number of nitrogens with two attached hydrogens (primary N) is 1. The molecule has 3 N–H and O–H groups in total. The van der Waals surface area contributed by atoms with E-state index in [1.165, 1.54) is 18.5 Å². The average molecular weight is 235 g/mol. The Labute approximate surface area is 100 Å². The van der Waals surface area contributed by atoms with Crippen LogP contribution in [0.15, 0.2) is 18.5 Å². The molecule has 2 rings (SSSR count). The molecule has 0 spiro atoms. The van der Waals surface area contributed by atoms with Crippen LogP contribution in [-0.4, -0.2) is 40.5 Å². The Bertz CT molecular complexity index is 400. The van der Waals surface area contributed by atoms with Gasteiger partial charge < -0.3 is 15.7 Å². The van der Waals surface area contributed by atoms with Crippen LogP contribution in [0.3, 0.4) is 0 Å². The first-order valence-electron chi connectivity index (χ1n) is 5.84. The number of aromatic nitrogens is 1. The Morgan fingerprint density at radius 2 is 2.18 bits per heavy atom. The number of aromatic hydroxyl groups is 1. The lowest BCUT2D eigenvalue weighted by atomic mass is 9.97. The van der Waals surface area contributed by atoms with E-state index in [0.717, 1.165) is 25.9 Å². The molecule has 0 aromatic carbocycles. The molecule has 1 aliphatic heterocycles. The summed E-state index contributed by atoms with van der Waals surface area (Å²) < 4.78 is 0. The molecule has 5 nitrogen and oxygen atoms in total. The molecule has 0 radical (unpaired) electrons. The van der Waals surface area contributed by atoms with Crippen LogP contribution in [0.4, 0.5) is 0 Å². The second-order valence-corrected chi connectivity index (χ2v) is 4.40. The van der Waals surface area contributed by atoms with Crippen molar-refractivity contribution in [1.29, 1.82) is 0 Å². The standard InChI is InChI=1S/C12H17N3O2/c13-6-9-1-3-15(4-2-9)12(17)10-5-11(16)8-14-7-10/h5,7-9,16H,1-4,6,13H2. The minimum atomic E-state index is -0.0659. The Hall–Kier alpha value is -1.62. The molecule has 0 atom stereocenters. The predicted molar refractivity (Wildman–Crippen MR) is 63.6 cm³/mol. The molecular formula is C12H17N3O2. The fourth-order valence-electron chi connectivity index (χ4n) is 2.10. The topological polar surface area (TPSA) is 79.5 Å². The first-order valence-corrected chi connectivity index (χ1v) is 5.84. The zero-order valence-corrected chi connectivity index (χ0v) is 9.67. The van der Waals surface area contributed by atoms with Crippen LogP contribution in [0, 0.1) is 5.92 Å². The number of pyridine rings is 1. The van der Waals surface area contributed by atoms with E-state index in [1.807, 2.05) is 0 Å². The van der Waals surface area contributed by atoms with Gasteiger partial charge in [-0.25, -0.2) is 0 Å². The molecule has 1 fully saturated rings. The molecule has 0 saturated carbocycles. The number of amides is 1. The van der Waals surface area contributed by atoms with Crippen molar-refractivity contribution in [3.63, 3.8) is 0 Å². The van der Waals surface area contributed by atoms with Gasteiger partial charge in [0.25, 0.3) is 5.91 Å². The molecule has 1 aromatic rings. The number of nitrogens with zero attached hydrogens (tertiary/aromatic N) is 2. The van der Waals surface area contributed by atoms with E-state index in [4.69, 9.17) is 5.73 Å². The molecular weight excluding hydrogens is 218 g/mol. The van der Waals surface area contributed by atoms with Crippen LogP contribution in [0.1, 0.15) is 23.2 Å². The van der Waals surface area contributed by atoms with E-state index in [9.17, 15) is 9.90 Å². The third-order valence-corrected chi connectivity index (χ3v) is 3.21. The number of carbonyl (C=O) groups is 1. The third-order valence-electron chi connectivity index (χ3n) is 3.21. The van der Waals surface area contributed by atoms with E-state index in [-0.39, 0.29) is 11.7 Å². The number of likely N-dealkylation sites (tertiary alicyclic amines) is 1. The summed E-state index contributed by atoms with van der Waals surface area (Å²) >= 11 is 0. The molecule has 2 heterocycles. The van der Waals surface area contributed by atoms with Gasteiger partial charge in [0, 0.05) is 19.3 Å². The zero-order chi connectivity index (χ0) is 12.3. The van der Waals surface area contributed by atoms with E-state index in [2.05, 4.69) is 4.98 Å². The predicted octanol–water partition coefficient (Wildman–Crippen LogP) is 0.598. The fourth-order valence-corrected chi connectivity index (χ4v) is 2.10. The summed E-state index contributed by atoms with van der Waals surface area (Å²) in [5, 5.41) is 9.29. The normalized spacial score (nSPS) is 17.1. The highest BCUT2D eigenvalue weighted by Gasteiger charge is 2.23. The Balaban J connectivity index is 2.02. The van der Waals surface area contributed by atoms with E-state index in [0.29, 0.717) is 18.0 Å². The summed E-state index contributed by atoms with van der Waals surface area (Å²) in [6.45, 7) is 2.16. The Kier molecular flexibility index (Phi) is 3.58. The minimum absolute atomic E-state index is 0.0210.